The third-order valence-electron chi connectivity index (χ3n) is 5.76. The van der Waals surface area contributed by atoms with Crippen molar-refractivity contribution in [2.24, 2.45) is 0 Å². The van der Waals surface area contributed by atoms with E-state index < -0.39 is 39.1 Å². The fourth-order valence-electron chi connectivity index (χ4n) is 3.96. The quantitative estimate of drug-likeness (QED) is 0.547. The number of amides is 3. The lowest BCUT2D eigenvalue weighted by atomic mass is 10.1. The maximum absolute atomic E-state index is 13.5. The zero-order valence-corrected chi connectivity index (χ0v) is 20.3. The zero-order valence-electron chi connectivity index (χ0n) is 18.7. The minimum Gasteiger partial charge on any atom is -0.454 e. The van der Waals surface area contributed by atoms with Crippen LogP contribution in [0.15, 0.2) is 40.6 Å². The smallest absolute Gasteiger partial charge is 0.328 e. The summed E-state index contributed by atoms with van der Waals surface area (Å²) in [7, 11) is -4.04. The molecule has 1 heterocycles. The highest BCUT2D eigenvalue weighted by Crippen LogP contribution is 2.42. The third-order valence-corrected chi connectivity index (χ3v) is 9.31. The molecular formula is C23H28N2O6S2. The number of hydrogen-bond acceptors (Lipinski definition) is 7. The first-order valence-electron chi connectivity index (χ1n) is 10.7. The molecule has 1 saturated carbocycles. The van der Waals surface area contributed by atoms with Crippen LogP contribution < -0.4 is 10.6 Å². The predicted octanol–water partition coefficient (Wildman–Crippen LogP) is 3.06. The van der Waals surface area contributed by atoms with Crippen molar-refractivity contribution in [2.75, 3.05) is 13.2 Å². The SMILES string of the molecule is Cc1ccc(C)c(S(=O)(=O)C2(C(=O)OCC(=O)NC(=O)NCCc3cccs3)CCCC2)c1. The van der Waals surface area contributed by atoms with Gasteiger partial charge in [-0.05, 0) is 61.7 Å². The van der Waals surface area contributed by atoms with Gasteiger partial charge in [-0.15, -0.1) is 11.3 Å². The summed E-state index contributed by atoms with van der Waals surface area (Å²) in [5.74, 6) is -1.77. The second-order valence-corrected chi connectivity index (χ2v) is 11.4. The van der Waals surface area contributed by atoms with Gasteiger partial charge in [-0.25, -0.2) is 13.2 Å². The number of rotatable bonds is 8. The Balaban J connectivity index is 1.60. The summed E-state index contributed by atoms with van der Waals surface area (Å²) in [6, 6.07) is 8.23. The van der Waals surface area contributed by atoms with Crippen molar-refractivity contribution in [2.45, 2.75) is 55.6 Å². The molecule has 0 aliphatic heterocycles. The van der Waals surface area contributed by atoms with Gasteiger partial charge in [-0.2, -0.15) is 0 Å². The highest BCUT2D eigenvalue weighted by Gasteiger charge is 2.54. The van der Waals surface area contributed by atoms with Crippen molar-refractivity contribution in [3.05, 3.63) is 51.7 Å². The minimum atomic E-state index is -4.04. The topological polar surface area (TPSA) is 119 Å². The number of ether oxygens (including phenoxy) is 1. The second-order valence-electron chi connectivity index (χ2n) is 8.18. The molecule has 1 aromatic carbocycles. The number of hydrogen-bond donors (Lipinski definition) is 2. The van der Waals surface area contributed by atoms with Gasteiger partial charge in [0.25, 0.3) is 5.91 Å². The van der Waals surface area contributed by atoms with Crippen LogP contribution in [0, 0.1) is 13.8 Å². The molecule has 10 heteroatoms. The summed E-state index contributed by atoms with van der Waals surface area (Å²) in [4.78, 5) is 38.2. The molecule has 1 aliphatic carbocycles. The number of carbonyl (C=O) groups is 3. The maximum Gasteiger partial charge on any atom is 0.328 e. The number of carbonyl (C=O) groups excluding carboxylic acids is 3. The van der Waals surface area contributed by atoms with Crippen LogP contribution in [0.1, 0.15) is 41.7 Å². The van der Waals surface area contributed by atoms with Crippen LogP contribution in [0.3, 0.4) is 0 Å². The van der Waals surface area contributed by atoms with Crippen LogP contribution in [-0.4, -0.2) is 44.2 Å². The van der Waals surface area contributed by atoms with E-state index in [-0.39, 0.29) is 17.7 Å². The first-order chi connectivity index (χ1) is 15.7. The molecule has 2 N–H and O–H groups in total. The summed E-state index contributed by atoms with van der Waals surface area (Å²) < 4.78 is 30.5. The number of urea groups is 1. The van der Waals surface area contributed by atoms with Gasteiger partial charge in [0.2, 0.25) is 0 Å². The number of benzene rings is 1. The first kappa shape index (κ1) is 24.9. The molecule has 8 nitrogen and oxygen atoms in total. The lowest BCUT2D eigenvalue weighted by Crippen LogP contribution is -2.47. The Bertz CT molecular complexity index is 1120. The Morgan fingerprint density at radius 3 is 2.52 bits per heavy atom. The molecule has 0 atom stereocenters. The van der Waals surface area contributed by atoms with E-state index in [0.717, 1.165) is 10.4 Å². The average Bonchev–Trinajstić information content (AvgIpc) is 3.46. The molecule has 1 fully saturated rings. The Labute approximate surface area is 197 Å². The second kappa shape index (κ2) is 10.5. The molecule has 1 aliphatic rings. The normalized spacial score (nSPS) is 15.1. The van der Waals surface area contributed by atoms with Crippen LogP contribution in [0.5, 0.6) is 0 Å². The molecule has 33 heavy (non-hydrogen) atoms. The van der Waals surface area contributed by atoms with Crippen LogP contribution in [0.2, 0.25) is 0 Å². The van der Waals surface area contributed by atoms with Crippen LogP contribution >= 0.6 is 11.3 Å². The monoisotopic (exact) mass is 492 g/mol. The summed E-state index contributed by atoms with van der Waals surface area (Å²) >= 11 is 1.57. The number of nitrogens with one attached hydrogen (secondary N) is 2. The molecule has 2 aromatic rings. The van der Waals surface area contributed by atoms with Crippen LogP contribution in [0.4, 0.5) is 4.79 Å². The number of sulfone groups is 1. The number of imide groups is 1. The maximum atomic E-state index is 13.5. The number of thiophene rings is 1. The van der Waals surface area contributed by atoms with Crippen molar-refractivity contribution < 1.29 is 27.5 Å². The highest BCUT2D eigenvalue weighted by molar-refractivity contribution is 7.93. The van der Waals surface area contributed by atoms with E-state index in [2.05, 4.69) is 10.6 Å². The Hall–Kier alpha value is -2.72. The van der Waals surface area contributed by atoms with Gasteiger partial charge in [0, 0.05) is 11.4 Å². The lowest BCUT2D eigenvalue weighted by Gasteiger charge is -2.27. The largest absolute Gasteiger partial charge is 0.454 e. The Morgan fingerprint density at radius 2 is 1.85 bits per heavy atom. The van der Waals surface area contributed by atoms with Crippen LogP contribution in [0.25, 0.3) is 0 Å². The summed E-state index contributed by atoms with van der Waals surface area (Å²) in [6.45, 7) is 3.08. The van der Waals surface area contributed by atoms with Gasteiger partial charge < -0.3 is 10.1 Å². The van der Waals surface area contributed by atoms with E-state index >= 15 is 0 Å². The molecule has 178 valence electrons. The van der Waals surface area contributed by atoms with Gasteiger partial charge in [0.1, 0.15) is 0 Å². The van der Waals surface area contributed by atoms with Gasteiger partial charge in [0.05, 0.1) is 4.90 Å². The molecule has 0 saturated heterocycles. The first-order valence-corrected chi connectivity index (χ1v) is 13.1. The number of esters is 1. The van der Waals surface area contributed by atoms with Crippen molar-refractivity contribution in [3.8, 4) is 0 Å². The molecule has 3 rings (SSSR count). The molecule has 0 unspecified atom stereocenters. The van der Waals surface area contributed by atoms with E-state index in [1.165, 1.54) is 0 Å². The Morgan fingerprint density at radius 1 is 1.12 bits per heavy atom. The van der Waals surface area contributed by atoms with E-state index in [1.807, 2.05) is 23.6 Å². The number of aryl methyl sites for hydroxylation is 2. The molecule has 3 amide bonds. The fraction of sp³-hybridized carbons (Fsp3) is 0.435. The molecule has 0 radical (unpaired) electrons. The van der Waals surface area contributed by atoms with Gasteiger partial charge >= 0.3 is 12.0 Å². The Kier molecular flexibility index (Phi) is 7.91. The van der Waals surface area contributed by atoms with Gasteiger partial charge in [-0.1, -0.05) is 31.0 Å². The summed E-state index contributed by atoms with van der Waals surface area (Å²) in [5, 5.41) is 6.59. The van der Waals surface area contributed by atoms with Crippen LogP contribution in [-0.2, 0) is 30.6 Å². The van der Waals surface area contributed by atoms with E-state index in [9.17, 15) is 22.8 Å². The lowest BCUT2D eigenvalue weighted by molar-refractivity contribution is -0.150. The summed E-state index contributed by atoms with van der Waals surface area (Å²) in [6.07, 6.45) is 2.03. The molecule has 1 aromatic heterocycles. The van der Waals surface area contributed by atoms with Crippen molar-refractivity contribution >= 4 is 39.1 Å². The van der Waals surface area contributed by atoms with Crippen molar-refractivity contribution in [3.63, 3.8) is 0 Å². The fourth-order valence-corrected chi connectivity index (χ4v) is 7.03. The third kappa shape index (κ3) is 5.62. The van der Waals surface area contributed by atoms with Crippen molar-refractivity contribution in [1.29, 1.82) is 0 Å². The molecule has 0 spiro atoms. The standard InChI is InChI=1S/C23H28N2O6S2/c1-16-7-8-17(2)19(14-16)33(29,30)23(10-3-4-11-23)21(27)31-15-20(26)25-22(28)24-12-9-18-6-5-13-32-18/h5-8,13-14H,3-4,9-12,15H2,1-2H3,(H2,24,25,26,28). The zero-order chi connectivity index (χ0) is 24.1. The minimum absolute atomic E-state index is 0.107. The highest BCUT2D eigenvalue weighted by atomic mass is 32.2. The summed E-state index contributed by atoms with van der Waals surface area (Å²) in [5.41, 5.74) is 1.32. The predicted molar refractivity (Wildman–Crippen MR) is 125 cm³/mol. The van der Waals surface area contributed by atoms with Gasteiger partial charge in [0.15, 0.2) is 21.2 Å². The van der Waals surface area contributed by atoms with E-state index in [4.69, 9.17) is 4.74 Å². The van der Waals surface area contributed by atoms with Gasteiger partial charge in [-0.3, -0.25) is 14.9 Å². The van der Waals surface area contributed by atoms with E-state index in [0.29, 0.717) is 31.4 Å². The average molecular weight is 493 g/mol. The molecular weight excluding hydrogens is 464 g/mol. The molecule has 0 bridgehead atoms. The van der Waals surface area contributed by atoms with E-state index in [1.54, 1.807) is 37.3 Å². The van der Waals surface area contributed by atoms with Crippen molar-refractivity contribution in [1.82, 2.24) is 10.6 Å².